The van der Waals surface area contributed by atoms with Crippen molar-refractivity contribution in [1.29, 1.82) is 0 Å². The molecule has 0 unspecified atom stereocenters. The van der Waals surface area contributed by atoms with Gasteiger partial charge in [-0.2, -0.15) is 0 Å². The summed E-state index contributed by atoms with van der Waals surface area (Å²) in [5, 5.41) is 3.80. The molecule has 1 aromatic heterocycles. The number of rotatable bonds is 3. The summed E-state index contributed by atoms with van der Waals surface area (Å²) in [6.45, 7) is 3.77. The Morgan fingerprint density at radius 2 is 1.95 bits per heavy atom. The van der Waals surface area contributed by atoms with Crippen molar-refractivity contribution in [2.24, 2.45) is 0 Å². The van der Waals surface area contributed by atoms with Gasteiger partial charge in [-0.05, 0) is 44.2 Å². The minimum atomic E-state index is -0.244. The first-order chi connectivity index (χ1) is 8.97. The molecule has 0 bridgehead atoms. The molecule has 0 spiro atoms. The Bertz CT molecular complexity index is 605. The second-order valence-electron chi connectivity index (χ2n) is 4.42. The Morgan fingerprint density at radius 3 is 2.58 bits per heavy atom. The largest absolute Gasteiger partial charge is 0.451 e. The van der Waals surface area contributed by atoms with Crippen molar-refractivity contribution in [3.63, 3.8) is 0 Å². The summed E-state index contributed by atoms with van der Waals surface area (Å²) in [6.07, 6.45) is 0. The minimum absolute atomic E-state index is 0.0557. The van der Waals surface area contributed by atoms with Gasteiger partial charge in [-0.3, -0.25) is 4.79 Å². The van der Waals surface area contributed by atoms with Gasteiger partial charge in [0.05, 0.1) is 5.02 Å². The first kappa shape index (κ1) is 14.0. The van der Waals surface area contributed by atoms with Crippen molar-refractivity contribution in [1.82, 2.24) is 5.32 Å². The first-order valence-electron chi connectivity index (χ1n) is 5.83. The van der Waals surface area contributed by atoms with E-state index in [0.717, 1.165) is 0 Å². The lowest BCUT2D eigenvalue weighted by molar-refractivity contribution is 0.0916. The monoisotopic (exact) mass is 297 g/mol. The number of amides is 1. The van der Waals surface area contributed by atoms with E-state index in [4.69, 9.17) is 27.6 Å². The molecular weight excluding hydrogens is 285 g/mol. The maximum absolute atomic E-state index is 11.8. The van der Waals surface area contributed by atoms with Gasteiger partial charge in [0.25, 0.3) is 5.91 Å². The molecule has 0 aliphatic rings. The van der Waals surface area contributed by atoms with Gasteiger partial charge in [-0.25, -0.2) is 0 Å². The number of hydrogen-bond acceptors (Lipinski definition) is 2. The standard InChI is InChI=1S/C14H13Cl2NO2/c1-8(2)17-14(18)13-6-5-12(19-13)10-4-3-9(15)7-11(10)16/h3-8H,1-2H3,(H,17,18). The van der Waals surface area contributed by atoms with E-state index in [9.17, 15) is 4.79 Å². The number of hydrogen-bond donors (Lipinski definition) is 1. The summed E-state index contributed by atoms with van der Waals surface area (Å²) >= 11 is 11.9. The molecule has 100 valence electrons. The van der Waals surface area contributed by atoms with Crippen LogP contribution in [0, 0.1) is 0 Å². The molecule has 2 rings (SSSR count). The number of carbonyl (C=O) groups excluding carboxylic acids is 1. The Hall–Kier alpha value is -1.45. The molecule has 2 aromatic rings. The average Bonchev–Trinajstić information content (AvgIpc) is 2.77. The van der Waals surface area contributed by atoms with E-state index in [1.54, 1.807) is 30.3 Å². The SMILES string of the molecule is CC(C)NC(=O)c1ccc(-c2ccc(Cl)cc2Cl)o1. The zero-order valence-electron chi connectivity index (χ0n) is 10.5. The third kappa shape index (κ3) is 3.31. The van der Waals surface area contributed by atoms with Crippen LogP contribution in [0.4, 0.5) is 0 Å². The molecule has 0 atom stereocenters. The second-order valence-corrected chi connectivity index (χ2v) is 5.26. The number of furan rings is 1. The minimum Gasteiger partial charge on any atom is -0.451 e. The lowest BCUT2D eigenvalue weighted by Crippen LogP contribution is -2.29. The average molecular weight is 298 g/mol. The first-order valence-corrected chi connectivity index (χ1v) is 6.59. The van der Waals surface area contributed by atoms with E-state index in [-0.39, 0.29) is 17.7 Å². The highest BCUT2D eigenvalue weighted by Crippen LogP contribution is 2.31. The molecular formula is C14H13Cl2NO2. The molecule has 0 fully saturated rings. The maximum Gasteiger partial charge on any atom is 0.287 e. The predicted octanol–water partition coefficient (Wildman–Crippen LogP) is 4.39. The van der Waals surface area contributed by atoms with E-state index in [1.807, 2.05) is 13.8 Å². The Kier molecular flexibility index (Phi) is 4.17. The number of nitrogens with one attached hydrogen (secondary N) is 1. The van der Waals surface area contributed by atoms with Crippen molar-refractivity contribution < 1.29 is 9.21 Å². The van der Waals surface area contributed by atoms with Gasteiger partial charge in [-0.15, -0.1) is 0 Å². The highest BCUT2D eigenvalue weighted by molar-refractivity contribution is 6.36. The molecule has 1 amide bonds. The van der Waals surface area contributed by atoms with Crippen LogP contribution < -0.4 is 5.32 Å². The van der Waals surface area contributed by atoms with Crippen LogP contribution in [0.15, 0.2) is 34.7 Å². The molecule has 0 aliphatic carbocycles. The zero-order chi connectivity index (χ0) is 14.0. The molecule has 1 aromatic carbocycles. The third-order valence-corrected chi connectivity index (χ3v) is 2.99. The quantitative estimate of drug-likeness (QED) is 0.913. The molecule has 0 aliphatic heterocycles. The van der Waals surface area contributed by atoms with Crippen LogP contribution in [0.2, 0.25) is 10.0 Å². The van der Waals surface area contributed by atoms with Crippen LogP contribution in [-0.4, -0.2) is 11.9 Å². The number of carbonyl (C=O) groups is 1. The van der Waals surface area contributed by atoms with Crippen molar-refractivity contribution in [3.05, 3.63) is 46.1 Å². The Balaban J connectivity index is 2.28. The van der Waals surface area contributed by atoms with Crippen molar-refractivity contribution in [3.8, 4) is 11.3 Å². The Labute approximate surface area is 121 Å². The van der Waals surface area contributed by atoms with E-state index >= 15 is 0 Å². The number of benzene rings is 1. The van der Waals surface area contributed by atoms with Crippen molar-refractivity contribution in [2.75, 3.05) is 0 Å². The van der Waals surface area contributed by atoms with Gasteiger partial charge in [0.2, 0.25) is 0 Å². The molecule has 0 radical (unpaired) electrons. The summed E-state index contributed by atoms with van der Waals surface area (Å²) in [7, 11) is 0. The van der Waals surface area contributed by atoms with Crippen molar-refractivity contribution in [2.45, 2.75) is 19.9 Å². The summed E-state index contributed by atoms with van der Waals surface area (Å²) in [5.41, 5.74) is 0.703. The fourth-order valence-corrected chi connectivity index (χ4v) is 2.13. The predicted molar refractivity (Wildman–Crippen MR) is 76.8 cm³/mol. The van der Waals surface area contributed by atoms with Gasteiger partial charge >= 0.3 is 0 Å². The molecule has 3 nitrogen and oxygen atoms in total. The maximum atomic E-state index is 11.8. The zero-order valence-corrected chi connectivity index (χ0v) is 12.0. The van der Waals surface area contributed by atoms with E-state index in [2.05, 4.69) is 5.32 Å². The lowest BCUT2D eigenvalue weighted by Gasteiger charge is -2.05. The van der Waals surface area contributed by atoms with E-state index < -0.39 is 0 Å². The fraction of sp³-hybridized carbons (Fsp3) is 0.214. The molecule has 0 saturated carbocycles. The van der Waals surface area contributed by atoms with Gasteiger partial charge in [0, 0.05) is 16.6 Å². The van der Waals surface area contributed by atoms with Gasteiger partial charge in [0.1, 0.15) is 5.76 Å². The normalized spacial score (nSPS) is 10.8. The number of halogens is 2. The second kappa shape index (κ2) is 5.68. The van der Waals surface area contributed by atoms with Crippen molar-refractivity contribution >= 4 is 29.1 Å². The van der Waals surface area contributed by atoms with Crippen LogP contribution in [0.3, 0.4) is 0 Å². The molecule has 1 heterocycles. The van der Waals surface area contributed by atoms with Crippen LogP contribution in [0.5, 0.6) is 0 Å². The highest BCUT2D eigenvalue weighted by Gasteiger charge is 2.14. The molecule has 5 heteroatoms. The summed E-state index contributed by atoms with van der Waals surface area (Å²) < 4.78 is 5.51. The smallest absolute Gasteiger partial charge is 0.287 e. The van der Waals surface area contributed by atoms with E-state index in [0.29, 0.717) is 21.4 Å². The van der Waals surface area contributed by atoms with Gasteiger partial charge in [0.15, 0.2) is 5.76 Å². The highest BCUT2D eigenvalue weighted by atomic mass is 35.5. The topological polar surface area (TPSA) is 42.2 Å². The molecule has 19 heavy (non-hydrogen) atoms. The molecule has 1 N–H and O–H groups in total. The summed E-state index contributed by atoms with van der Waals surface area (Å²) in [5.74, 6) is 0.552. The van der Waals surface area contributed by atoms with Crippen LogP contribution in [0.25, 0.3) is 11.3 Å². The lowest BCUT2D eigenvalue weighted by atomic mass is 10.2. The summed E-state index contributed by atoms with van der Waals surface area (Å²) in [4.78, 5) is 11.8. The van der Waals surface area contributed by atoms with Crippen LogP contribution in [-0.2, 0) is 0 Å². The fourth-order valence-electron chi connectivity index (χ4n) is 1.63. The Morgan fingerprint density at radius 1 is 1.21 bits per heavy atom. The summed E-state index contributed by atoms with van der Waals surface area (Å²) in [6, 6.07) is 8.50. The van der Waals surface area contributed by atoms with Crippen LogP contribution >= 0.6 is 23.2 Å². The van der Waals surface area contributed by atoms with Gasteiger partial charge in [-0.1, -0.05) is 23.2 Å². The van der Waals surface area contributed by atoms with Gasteiger partial charge < -0.3 is 9.73 Å². The third-order valence-electron chi connectivity index (χ3n) is 2.45. The van der Waals surface area contributed by atoms with Crippen LogP contribution in [0.1, 0.15) is 24.4 Å². The van der Waals surface area contributed by atoms with E-state index in [1.165, 1.54) is 0 Å². The molecule has 0 saturated heterocycles.